The Labute approximate surface area is 212 Å². The van der Waals surface area contributed by atoms with E-state index < -0.39 is 24.3 Å². The van der Waals surface area contributed by atoms with E-state index in [0.29, 0.717) is 28.5 Å². The third-order valence-corrected chi connectivity index (χ3v) is 5.48. The van der Waals surface area contributed by atoms with Crippen molar-refractivity contribution < 1.29 is 39.1 Å². The van der Waals surface area contributed by atoms with Crippen molar-refractivity contribution in [3.8, 4) is 17.2 Å². The van der Waals surface area contributed by atoms with Gasteiger partial charge in [0.25, 0.3) is 0 Å². The fraction of sp³-hybridized carbons (Fsp3) is 0.179. The number of benzene rings is 3. The number of ether oxygens (including phenoxy) is 3. The number of hydrogen-bond donors (Lipinski definition) is 3. The first-order chi connectivity index (χ1) is 17.9. The van der Waals surface area contributed by atoms with Crippen molar-refractivity contribution in [2.45, 2.75) is 31.8 Å². The highest BCUT2D eigenvalue weighted by Gasteiger charge is 2.22. The lowest BCUT2D eigenvalue weighted by Gasteiger charge is -2.17. The van der Waals surface area contributed by atoms with E-state index in [2.05, 4.69) is 4.98 Å². The number of pyridine rings is 1. The van der Waals surface area contributed by atoms with Gasteiger partial charge in [-0.25, -0.2) is 9.78 Å². The maximum Gasteiger partial charge on any atom is 0.344 e. The van der Waals surface area contributed by atoms with E-state index in [9.17, 15) is 19.8 Å². The predicted octanol–water partition coefficient (Wildman–Crippen LogP) is 4.58. The number of aliphatic hydroxyl groups excluding tert-OH is 1. The highest BCUT2D eigenvalue weighted by Crippen LogP contribution is 2.26. The Morgan fingerprint density at radius 2 is 1.51 bits per heavy atom. The van der Waals surface area contributed by atoms with Crippen LogP contribution >= 0.6 is 0 Å². The Morgan fingerprint density at radius 3 is 2.27 bits per heavy atom. The third-order valence-electron chi connectivity index (χ3n) is 5.48. The topological polar surface area (TPSA) is 135 Å². The number of carboxylic acid groups (broad SMARTS) is 2. The Kier molecular flexibility index (Phi) is 8.17. The largest absolute Gasteiger partial charge is 0.489 e. The fourth-order valence-electron chi connectivity index (χ4n) is 3.56. The molecule has 0 fully saturated rings. The molecule has 9 heteroatoms. The summed E-state index contributed by atoms with van der Waals surface area (Å²) in [4.78, 5) is 26.7. The molecule has 1 aromatic heterocycles. The molecule has 0 aliphatic rings. The van der Waals surface area contributed by atoms with Gasteiger partial charge in [-0.05, 0) is 42.5 Å². The molecule has 3 N–H and O–H groups in total. The normalized spacial score (nSPS) is 12.5. The Hall–Kier alpha value is -4.63. The van der Waals surface area contributed by atoms with Crippen LogP contribution in [0.25, 0.3) is 10.9 Å². The summed E-state index contributed by atoms with van der Waals surface area (Å²) in [5, 5.41) is 29.6. The van der Waals surface area contributed by atoms with Gasteiger partial charge in [0.05, 0.1) is 5.52 Å². The second-order valence-corrected chi connectivity index (χ2v) is 8.14. The Balaban J connectivity index is 1.36. The van der Waals surface area contributed by atoms with Crippen LogP contribution < -0.4 is 14.2 Å². The molecule has 1 heterocycles. The van der Waals surface area contributed by atoms with Crippen LogP contribution in [0.4, 0.5) is 0 Å². The minimum absolute atomic E-state index is 0.0886. The number of para-hydroxylation sites is 2. The van der Waals surface area contributed by atoms with Crippen molar-refractivity contribution in [3.63, 3.8) is 0 Å². The summed E-state index contributed by atoms with van der Waals surface area (Å²) >= 11 is 0. The molecule has 0 saturated carbocycles. The summed E-state index contributed by atoms with van der Waals surface area (Å²) < 4.78 is 17.0. The Bertz CT molecular complexity index is 1370. The van der Waals surface area contributed by atoms with Crippen molar-refractivity contribution in [2.24, 2.45) is 0 Å². The smallest absolute Gasteiger partial charge is 0.344 e. The predicted molar refractivity (Wildman–Crippen MR) is 133 cm³/mol. The van der Waals surface area contributed by atoms with Crippen LogP contribution in [-0.4, -0.2) is 38.3 Å². The quantitative estimate of drug-likeness (QED) is 0.237. The summed E-state index contributed by atoms with van der Waals surface area (Å²) in [5.74, 6) is -1.11. The average molecular weight is 504 g/mol. The van der Waals surface area contributed by atoms with E-state index in [1.54, 1.807) is 54.6 Å². The van der Waals surface area contributed by atoms with Crippen LogP contribution in [-0.2, 0) is 16.2 Å². The fourth-order valence-corrected chi connectivity index (χ4v) is 3.56. The van der Waals surface area contributed by atoms with Crippen LogP contribution in [0.15, 0.2) is 84.9 Å². The molecule has 0 saturated heterocycles. The number of rotatable bonds is 12. The zero-order valence-electron chi connectivity index (χ0n) is 19.7. The molecule has 9 nitrogen and oxygen atoms in total. The maximum absolute atomic E-state index is 11.5. The van der Waals surface area contributed by atoms with Crippen LogP contribution in [0.5, 0.6) is 17.2 Å². The molecule has 4 rings (SSSR count). The Morgan fingerprint density at radius 1 is 0.811 bits per heavy atom. The third kappa shape index (κ3) is 6.96. The van der Waals surface area contributed by atoms with E-state index in [1.807, 2.05) is 30.3 Å². The van der Waals surface area contributed by atoms with Gasteiger partial charge in [-0.3, -0.25) is 4.79 Å². The summed E-state index contributed by atoms with van der Waals surface area (Å²) in [7, 11) is 0. The highest BCUT2D eigenvalue weighted by atomic mass is 16.6. The highest BCUT2D eigenvalue weighted by molar-refractivity contribution is 5.78. The van der Waals surface area contributed by atoms with E-state index in [-0.39, 0.29) is 19.4 Å². The SMILES string of the molecule is O=C(O)CCC(Oc1ccccc1COc1ccc(OC(O)c2ccc3ccccc3n2)cc1)C(=O)O. The van der Waals surface area contributed by atoms with Gasteiger partial charge < -0.3 is 29.5 Å². The second kappa shape index (κ2) is 11.9. The van der Waals surface area contributed by atoms with Crippen molar-refractivity contribution in [1.29, 1.82) is 0 Å². The molecular formula is C28H25NO8. The number of aliphatic hydroxyl groups is 1. The van der Waals surface area contributed by atoms with Gasteiger partial charge >= 0.3 is 11.9 Å². The van der Waals surface area contributed by atoms with Crippen molar-refractivity contribution in [2.75, 3.05) is 0 Å². The molecule has 0 radical (unpaired) electrons. The van der Waals surface area contributed by atoms with Crippen LogP contribution in [0.3, 0.4) is 0 Å². The summed E-state index contributed by atoms with van der Waals surface area (Å²) in [6.45, 7) is 0.0886. The van der Waals surface area contributed by atoms with Gasteiger partial charge in [-0.1, -0.05) is 42.5 Å². The number of carboxylic acids is 2. The number of hydrogen-bond acceptors (Lipinski definition) is 7. The molecule has 2 unspecified atom stereocenters. The van der Waals surface area contributed by atoms with Crippen molar-refractivity contribution in [1.82, 2.24) is 4.98 Å². The van der Waals surface area contributed by atoms with Gasteiger partial charge in [0.15, 0.2) is 6.10 Å². The van der Waals surface area contributed by atoms with Crippen molar-refractivity contribution in [3.05, 3.63) is 96.2 Å². The summed E-state index contributed by atoms with van der Waals surface area (Å²) in [6, 6.07) is 24.6. The molecule has 4 aromatic rings. The van der Waals surface area contributed by atoms with E-state index in [4.69, 9.17) is 19.3 Å². The first-order valence-corrected chi connectivity index (χ1v) is 11.5. The van der Waals surface area contributed by atoms with E-state index in [1.165, 1.54) is 0 Å². The molecule has 0 aliphatic carbocycles. The minimum atomic E-state index is -1.29. The molecule has 0 bridgehead atoms. The molecule has 2 atom stereocenters. The first kappa shape index (κ1) is 25.5. The number of fused-ring (bicyclic) bond motifs is 1. The lowest BCUT2D eigenvalue weighted by molar-refractivity contribution is -0.146. The molecular weight excluding hydrogens is 478 g/mol. The molecule has 190 valence electrons. The van der Waals surface area contributed by atoms with Gasteiger partial charge in [0.2, 0.25) is 6.29 Å². The van der Waals surface area contributed by atoms with Gasteiger partial charge in [-0.15, -0.1) is 0 Å². The summed E-state index contributed by atoms with van der Waals surface area (Å²) in [6.07, 6.45) is -3.03. The van der Waals surface area contributed by atoms with Crippen LogP contribution in [0.2, 0.25) is 0 Å². The molecule has 0 aliphatic heterocycles. The molecule has 37 heavy (non-hydrogen) atoms. The standard InChI is InChI=1S/C28H25NO8/c30-26(31)16-15-25(27(32)33)37-24-8-4-2-6-19(24)17-35-20-10-12-21(13-11-20)36-28(34)23-14-9-18-5-1-3-7-22(18)29-23/h1-14,25,28,34H,15-17H2,(H,30,31)(H,32,33). The average Bonchev–Trinajstić information content (AvgIpc) is 2.90. The van der Waals surface area contributed by atoms with Crippen LogP contribution in [0.1, 0.15) is 30.4 Å². The molecule has 3 aromatic carbocycles. The lowest BCUT2D eigenvalue weighted by Crippen LogP contribution is -2.28. The van der Waals surface area contributed by atoms with E-state index >= 15 is 0 Å². The monoisotopic (exact) mass is 503 g/mol. The number of aromatic nitrogens is 1. The lowest BCUT2D eigenvalue weighted by atomic mass is 10.1. The van der Waals surface area contributed by atoms with Gasteiger partial charge in [0.1, 0.15) is 29.5 Å². The number of aliphatic carboxylic acids is 2. The van der Waals surface area contributed by atoms with Gasteiger partial charge in [-0.2, -0.15) is 0 Å². The molecule has 0 amide bonds. The number of nitrogens with zero attached hydrogens (tertiary/aromatic N) is 1. The minimum Gasteiger partial charge on any atom is -0.489 e. The van der Waals surface area contributed by atoms with E-state index in [0.717, 1.165) is 10.9 Å². The van der Waals surface area contributed by atoms with Gasteiger partial charge in [0, 0.05) is 23.8 Å². The van der Waals surface area contributed by atoms with Crippen molar-refractivity contribution >= 4 is 22.8 Å². The first-order valence-electron chi connectivity index (χ1n) is 11.5. The number of carbonyl (C=O) groups is 2. The van der Waals surface area contributed by atoms with Crippen LogP contribution in [0, 0.1) is 0 Å². The zero-order valence-corrected chi connectivity index (χ0v) is 19.7. The zero-order chi connectivity index (χ0) is 26.2. The maximum atomic E-state index is 11.5. The summed E-state index contributed by atoms with van der Waals surface area (Å²) in [5.41, 5.74) is 1.74. The molecule has 0 spiro atoms. The second-order valence-electron chi connectivity index (χ2n) is 8.14.